The molecule has 0 saturated carbocycles. The normalized spacial score (nSPS) is 15.4. The molecule has 1 saturated heterocycles. The molecule has 6 rings (SSSR count). The number of carbonyl (C=O) groups is 1. The fourth-order valence-corrected chi connectivity index (χ4v) is 5.37. The number of rotatable bonds is 5. The van der Waals surface area contributed by atoms with Crippen LogP contribution in [0.15, 0.2) is 77.2 Å². The standard InChI is InChI=1S/C28H21F3N8OS/c1-16(2)18-5-3-4-6-21(18)39-25(40)14-41-27(39)37-33-13-17-7-8-19-20(34-17)9-10-22-26(19)32-15-38(22)24-12-11-23(35-36-24)28(29,30)31/h3-13,15-16H,14H2,1-2H3/b33-13?,37-27+. The first-order chi connectivity index (χ1) is 19.7. The molecule has 0 spiro atoms. The molecule has 1 aliphatic rings. The van der Waals surface area contributed by atoms with Gasteiger partial charge in [-0.1, -0.05) is 43.8 Å². The third kappa shape index (κ3) is 5.04. The van der Waals surface area contributed by atoms with E-state index in [4.69, 9.17) is 0 Å². The number of hydrogen-bond acceptors (Lipinski definition) is 8. The number of nitrogens with zero attached hydrogens (tertiary/aromatic N) is 8. The van der Waals surface area contributed by atoms with Gasteiger partial charge in [0.25, 0.3) is 0 Å². The Kier molecular flexibility index (Phi) is 6.73. The molecule has 4 heterocycles. The maximum absolute atomic E-state index is 12.9. The third-order valence-electron chi connectivity index (χ3n) is 6.49. The minimum absolute atomic E-state index is 0.0494. The number of carbonyl (C=O) groups excluding carboxylic acids is 1. The molecule has 1 fully saturated rings. The average Bonchev–Trinajstić information content (AvgIpc) is 3.56. The number of amides is 1. The molecule has 9 nitrogen and oxygen atoms in total. The molecular formula is C28H21F3N8OS. The molecule has 206 valence electrons. The summed E-state index contributed by atoms with van der Waals surface area (Å²) in [6, 6.07) is 17.1. The number of imidazole rings is 1. The fraction of sp³-hybridized carbons (Fsp3) is 0.179. The van der Waals surface area contributed by atoms with Crippen molar-refractivity contribution in [2.75, 3.05) is 10.7 Å². The van der Waals surface area contributed by atoms with E-state index in [-0.39, 0.29) is 23.4 Å². The third-order valence-corrected chi connectivity index (χ3v) is 7.40. The Morgan fingerprint density at radius 2 is 1.85 bits per heavy atom. The summed E-state index contributed by atoms with van der Waals surface area (Å²) in [6.07, 6.45) is -1.57. The van der Waals surface area contributed by atoms with Crippen molar-refractivity contribution in [1.82, 2.24) is 24.7 Å². The second kappa shape index (κ2) is 10.4. The summed E-state index contributed by atoms with van der Waals surface area (Å²) in [7, 11) is 0. The number of halogens is 3. The van der Waals surface area contributed by atoms with Crippen molar-refractivity contribution in [2.45, 2.75) is 25.9 Å². The van der Waals surface area contributed by atoms with Crippen molar-refractivity contribution in [3.05, 3.63) is 83.9 Å². The van der Waals surface area contributed by atoms with Crippen molar-refractivity contribution in [3.63, 3.8) is 0 Å². The van der Waals surface area contributed by atoms with Gasteiger partial charge in [0.05, 0.1) is 39.9 Å². The lowest BCUT2D eigenvalue weighted by Gasteiger charge is -2.20. The number of fused-ring (bicyclic) bond motifs is 3. The number of thioether (sulfide) groups is 1. The van der Waals surface area contributed by atoms with Crippen LogP contribution in [0.5, 0.6) is 0 Å². The lowest BCUT2D eigenvalue weighted by Crippen LogP contribution is -2.30. The zero-order valence-electron chi connectivity index (χ0n) is 21.7. The monoisotopic (exact) mass is 574 g/mol. The summed E-state index contributed by atoms with van der Waals surface area (Å²) >= 11 is 1.33. The van der Waals surface area contributed by atoms with Crippen molar-refractivity contribution in [2.24, 2.45) is 10.2 Å². The summed E-state index contributed by atoms with van der Waals surface area (Å²) in [5.74, 6) is 0.683. The van der Waals surface area contributed by atoms with Crippen LogP contribution in [0.3, 0.4) is 0 Å². The van der Waals surface area contributed by atoms with Gasteiger partial charge >= 0.3 is 6.18 Å². The molecule has 1 amide bonds. The highest BCUT2D eigenvalue weighted by molar-refractivity contribution is 8.15. The molecule has 0 N–H and O–H groups in total. The topological polar surface area (TPSA) is 102 Å². The van der Waals surface area contributed by atoms with Gasteiger partial charge in [-0.3, -0.25) is 14.3 Å². The Morgan fingerprint density at radius 3 is 2.61 bits per heavy atom. The first-order valence-corrected chi connectivity index (χ1v) is 13.5. The van der Waals surface area contributed by atoms with E-state index in [0.29, 0.717) is 27.4 Å². The van der Waals surface area contributed by atoms with Crippen molar-refractivity contribution >= 4 is 56.7 Å². The second-order valence-corrected chi connectivity index (χ2v) is 10.4. The fourth-order valence-electron chi connectivity index (χ4n) is 4.55. The number of alkyl halides is 3. The van der Waals surface area contributed by atoms with E-state index in [1.54, 1.807) is 27.7 Å². The quantitative estimate of drug-likeness (QED) is 0.189. The highest BCUT2D eigenvalue weighted by Gasteiger charge is 2.33. The van der Waals surface area contributed by atoms with E-state index in [0.717, 1.165) is 22.7 Å². The summed E-state index contributed by atoms with van der Waals surface area (Å²) in [5.41, 5.74) is 3.25. The van der Waals surface area contributed by atoms with Gasteiger partial charge in [0.1, 0.15) is 6.33 Å². The molecule has 0 aliphatic carbocycles. The maximum Gasteiger partial charge on any atom is 0.435 e. The van der Waals surface area contributed by atoms with Crippen LogP contribution < -0.4 is 4.90 Å². The van der Waals surface area contributed by atoms with Gasteiger partial charge in [-0.05, 0) is 53.9 Å². The minimum Gasteiger partial charge on any atom is -0.281 e. The summed E-state index contributed by atoms with van der Waals surface area (Å²) in [4.78, 5) is 23.4. The molecule has 0 radical (unpaired) electrons. The molecule has 0 bridgehead atoms. The zero-order chi connectivity index (χ0) is 28.7. The molecule has 41 heavy (non-hydrogen) atoms. The zero-order valence-corrected chi connectivity index (χ0v) is 22.6. The van der Waals surface area contributed by atoms with Crippen molar-refractivity contribution in [1.29, 1.82) is 0 Å². The van der Waals surface area contributed by atoms with Gasteiger partial charge in [0, 0.05) is 5.39 Å². The Morgan fingerprint density at radius 1 is 1.02 bits per heavy atom. The van der Waals surface area contributed by atoms with E-state index < -0.39 is 11.9 Å². The predicted molar refractivity (Wildman–Crippen MR) is 152 cm³/mol. The van der Waals surface area contributed by atoms with Crippen LogP contribution in [0.2, 0.25) is 0 Å². The highest BCUT2D eigenvalue weighted by Crippen LogP contribution is 2.33. The Labute approximate surface area is 235 Å². The molecule has 13 heteroatoms. The smallest absolute Gasteiger partial charge is 0.281 e. The van der Waals surface area contributed by atoms with Crippen LogP contribution in [0.25, 0.3) is 27.8 Å². The van der Waals surface area contributed by atoms with Gasteiger partial charge in [0.2, 0.25) is 5.91 Å². The number of anilines is 1. The van der Waals surface area contributed by atoms with E-state index in [1.807, 2.05) is 30.3 Å². The van der Waals surface area contributed by atoms with Crippen LogP contribution in [-0.2, 0) is 11.0 Å². The molecule has 5 aromatic rings. The Hall–Kier alpha value is -4.65. The van der Waals surface area contributed by atoms with E-state index in [2.05, 4.69) is 44.2 Å². The second-order valence-electron chi connectivity index (χ2n) is 9.48. The number of benzene rings is 2. The molecule has 3 aromatic heterocycles. The summed E-state index contributed by atoms with van der Waals surface area (Å²) in [6.45, 7) is 4.15. The largest absolute Gasteiger partial charge is 0.435 e. The Balaban J connectivity index is 1.27. The average molecular weight is 575 g/mol. The van der Waals surface area contributed by atoms with E-state index >= 15 is 0 Å². The first kappa shape index (κ1) is 26.6. The van der Waals surface area contributed by atoms with Crippen molar-refractivity contribution in [3.8, 4) is 5.82 Å². The van der Waals surface area contributed by atoms with Crippen molar-refractivity contribution < 1.29 is 18.0 Å². The predicted octanol–water partition coefficient (Wildman–Crippen LogP) is 5.98. The molecule has 0 atom stereocenters. The lowest BCUT2D eigenvalue weighted by atomic mass is 10.0. The van der Waals surface area contributed by atoms with Crippen LogP contribution >= 0.6 is 11.8 Å². The number of para-hydroxylation sites is 1. The van der Waals surface area contributed by atoms with Gasteiger partial charge in [-0.15, -0.1) is 15.3 Å². The SMILES string of the molecule is CC(C)c1ccccc1N1C(=O)CS/C1=N/N=Cc1ccc2c(ccc3c2ncn3-c2ccc(C(F)(F)F)nn2)n1. The highest BCUT2D eigenvalue weighted by atomic mass is 32.2. The number of aromatic nitrogens is 5. The van der Waals surface area contributed by atoms with Crippen LogP contribution in [0.4, 0.5) is 18.9 Å². The molecular weight excluding hydrogens is 553 g/mol. The van der Waals surface area contributed by atoms with Gasteiger partial charge in [0.15, 0.2) is 16.7 Å². The molecule has 2 aromatic carbocycles. The summed E-state index contributed by atoms with van der Waals surface area (Å²) < 4.78 is 40.1. The molecule has 0 unspecified atom stereocenters. The molecule has 1 aliphatic heterocycles. The van der Waals surface area contributed by atoms with Crippen LogP contribution in [-0.4, -0.2) is 47.8 Å². The number of pyridine rings is 1. The van der Waals surface area contributed by atoms with Crippen LogP contribution in [0, 0.1) is 0 Å². The van der Waals surface area contributed by atoms with Gasteiger partial charge < -0.3 is 0 Å². The number of amidine groups is 1. The summed E-state index contributed by atoms with van der Waals surface area (Å²) in [5, 5.41) is 16.8. The van der Waals surface area contributed by atoms with Gasteiger partial charge in [-0.2, -0.15) is 18.3 Å². The Bertz CT molecular complexity index is 1850. The van der Waals surface area contributed by atoms with Crippen LogP contribution in [0.1, 0.15) is 36.7 Å². The number of hydrogen-bond donors (Lipinski definition) is 0. The van der Waals surface area contributed by atoms with Gasteiger partial charge in [-0.25, -0.2) is 9.97 Å². The van der Waals surface area contributed by atoms with E-state index in [1.165, 1.54) is 30.4 Å². The lowest BCUT2D eigenvalue weighted by molar-refractivity contribution is -0.141. The minimum atomic E-state index is -4.57. The van der Waals surface area contributed by atoms with E-state index in [9.17, 15) is 18.0 Å². The maximum atomic E-state index is 12.9. The first-order valence-electron chi connectivity index (χ1n) is 12.5.